The summed E-state index contributed by atoms with van der Waals surface area (Å²) in [6, 6.07) is 0. The summed E-state index contributed by atoms with van der Waals surface area (Å²) in [4.78, 5) is 13.6. The predicted octanol–water partition coefficient (Wildman–Crippen LogP) is 2.46. The molecule has 0 aliphatic carbocycles. The van der Waals surface area contributed by atoms with Gasteiger partial charge in [-0.1, -0.05) is 0 Å². The van der Waals surface area contributed by atoms with Gasteiger partial charge in [-0.05, 0) is 21.5 Å². The Morgan fingerprint density at radius 1 is 1.61 bits per heavy atom. The van der Waals surface area contributed by atoms with E-state index >= 15 is 0 Å². The van der Waals surface area contributed by atoms with Crippen LogP contribution in [0.1, 0.15) is 20.3 Å². The standard InChI is InChI=1S/C10H12ClN3O4/c1-10(2)17-6-7(18-10)3-4-13-5-8(14(15)16)12-9(13)11/h5-6H,3-4H2,1-2H3. The highest BCUT2D eigenvalue weighted by atomic mass is 35.5. The highest BCUT2D eigenvalue weighted by Gasteiger charge is 2.27. The molecule has 2 heterocycles. The minimum Gasteiger partial charge on any atom is -0.457 e. The molecule has 0 bridgehead atoms. The van der Waals surface area contributed by atoms with E-state index in [1.807, 2.05) is 0 Å². The molecule has 1 aromatic rings. The highest BCUT2D eigenvalue weighted by Crippen LogP contribution is 2.27. The van der Waals surface area contributed by atoms with Crippen LogP contribution in [-0.2, 0) is 16.0 Å². The van der Waals surface area contributed by atoms with Gasteiger partial charge in [0, 0.05) is 26.8 Å². The summed E-state index contributed by atoms with van der Waals surface area (Å²) in [5.41, 5.74) is 0. The number of ether oxygens (including phenoxy) is 2. The Morgan fingerprint density at radius 2 is 2.33 bits per heavy atom. The van der Waals surface area contributed by atoms with E-state index in [9.17, 15) is 10.1 Å². The summed E-state index contributed by atoms with van der Waals surface area (Å²) in [5, 5.41) is 10.6. The van der Waals surface area contributed by atoms with E-state index in [0.29, 0.717) is 18.7 Å². The first-order valence-electron chi connectivity index (χ1n) is 5.30. The van der Waals surface area contributed by atoms with Gasteiger partial charge in [0.15, 0.2) is 0 Å². The quantitative estimate of drug-likeness (QED) is 0.622. The van der Waals surface area contributed by atoms with E-state index in [0.717, 1.165) is 0 Å². The van der Waals surface area contributed by atoms with Crippen LogP contribution in [0.5, 0.6) is 0 Å². The van der Waals surface area contributed by atoms with Crippen LogP contribution < -0.4 is 0 Å². The van der Waals surface area contributed by atoms with Crippen LogP contribution in [0.15, 0.2) is 18.2 Å². The second-order valence-electron chi connectivity index (χ2n) is 4.27. The van der Waals surface area contributed by atoms with Crippen LogP contribution in [0.3, 0.4) is 0 Å². The molecule has 0 radical (unpaired) electrons. The van der Waals surface area contributed by atoms with E-state index in [1.165, 1.54) is 10.8 Å². The van der Waals surface area contributed by atoms with Crippen molar-refractivity contribution in [1.82, 2.24) is 9.55 Å². The number of nitro groups is 1. The molecule has 98 valence electrons. The molecule has 1 aliphatic rings. The average Bonchev–Trinajstić information content (AvgIpc) is 2.79. The molecule has 0 saturated carbocycles. The zero-order chi connectivity index (χ0) is 13.3. The van der Waals surface area contributed by atoms with Gasteiger partial charge < -0.3 is 19.6 Å². The van der Waals surface area contributed by atoms with Crippen LogP contribution >= 0.6 is 11.6 Å². The summed E-state index contributed by atoms with van der Waals surface area (Å²) < 4.78 is 12.3. The van der Waals surface area contributed by atoms with E-state index in [-0.39, 0.29) is 11.1 Å². The normalized spacial score (nSPS) is 16.9. The van der Waals surface area contributed by atoms with Gasteiger partial charge in [-0.15, -0.1) is 0 Å². The van der Waals surface area contributed by atoms with Gasteiger partial charge in [0.25, 0.3) is 0 Å². The average molecular weight is 274 g/mol. The number of halogens is 1. The number of rotatable bonds is 4. The van der Waals surface area contributed by atoms with Crippen LogP contribution in [0, 0.1) is 10.1 Å². The van der Waals surface area contributed by atoms with Gasteiger partial charge in [0.05, 0.1) is 0 Å². The van der Waals surface area contributed by atoms with Crippen molar-refractivity contribution in [3.8, 4) is 0 Å². The number of aryl methyl sites for hydroxylation is 1. The molecule has 0 fully saturated rings. The Hall–Kier alpha value is -1.76. The Morgan fingerprint density at radius 3 is 2.83 bits per heavy atom. The third-order valence-electron chi connectivity index (χ3n) is 2.35. The summed E-state index contributed by atoms with van der Waals surface area (Å²) in [6.07, 6.45) is 3.36. The van der Waals surface area contributed by atoms with Gasteiger partial charge in [0.1, 0.15) is 18.2 Å². The molecule has 0 unspecified atom stereocenters. The molecule has 2 rings (SSSR count). The third-order valence-corrected chi connectivity index (χ3v) is 2.65. The monoisotopic (exact) mass is 273 g/mol. The van der Waals surface area contributed by atoms with Gasteiger partial charge >= 0.3 is 11.1 Å². The minimum absolute atomic E-state index is 0.0838. The number of allylic oxidation sites excluding steroid dienone is 1. The van der Waals surface area contributed by atoms with Crippen molar-refractivity contribution >= 4 is 17.4 Å². The van der Waals surface area contributed by atoms with E-state index in [2.05, 4.69) is 4.98 Å². The van der Waals surface area contributed by atoms with Crippen molar-refractivity contribution in [3.05, 3.63) is 33.6 Å². The first-order valence-corrected chi connectivity index (χ1v) is 5.68. The zero-order valence-corrected chi connectivity index (χ0v) is 10.7. The molecule has 1 aliphatic heterocycles. The number of hydrogen-bond donors (Lipinski definition) is 0. The second-order valence-corrected chi connectivity index (χ2v) is 4.61. The van der Waals surface area contributed by atoms with Crippen LogP contribution in [0.4, 0.5) is 5.82 Å². The van der Waals surface area contributed by atoms with Crippen LogP contribution in [-0.4, -0.2) is 20.3 Å². The molecule has 1 aromatic heterocycles. The van der Waals surface area contributed by atoms with Crippen molar-refractivity contribution in [1.29, 1.82) is 0 Å². The van der Waals surface area contributed by atoms with Crippen molar-refractivity contribution in [2.24, 2.45) is 0 Å². The Labute approximate surface area is 108 Å². The maximum Gasteiger partial charge on any atom is 0.383 e. The predicted molar refractivity (Wildman–Crippen MR) is 62.8 cm³/mol. The molecule has 0 spiro atoms. The lowest BCUT2D eigenvalue weighted by atomic mass is 10.3. The van der Waals surface area contributed by atoms with Crippen molar-refractivity contribution in [3.63, 3.8) is 0 Å². The van der Waals surface area contributed by atoms with Crippen LogP contribution in [0.25, 0.3) is 0 Å². The molecule has 0 saturated heterocycles. The fourth-order valence-electron chi connectivity index (χ4n) is 1.54. The molecule has 0 atom stereocenters. The summed E-state index contributed by atoms with van der Waals surface area (Å²) >= 11 is 5.79. The van der Waals surface area contributed by atoms with Gasteiger partial charge in [-0.2, -0.15) is 0 Å². The van der Waals surface area contributed by atoms with E-state index in [4.69, 9.17) is 21.1 Å². The maximum atomic E-state index is 10.5. The SMILES string of the molecule is CC1(C)OC=C(CCn2cc([N+](=O)[O-])nc2Cl)O1. The largest absolute Gasteiger partial charge is 0.457 e. The second kappa shape index (κ2) is 4.49. The highest BCUT2D eigenvalue weighted by molar-refractivity contribution is 6.28. The summed E-state index contributed by atoms with van der Waals surface area (Å²) in [6.45, 7) is 4.03. The number of nitrogens with zero attached hydrogens (tertiary/aromatic N) is 3. The van der Waals surface area contributed by atoms with E-state index < -0.39 is 10.7 Å². The lowest BCUT2D eigenvalue weighted by molar-refractivity contribution is -0.389. The first kappa shape index (κ1) is 12.7. The smallest absolute Gasteiger partial charge is 0.383 e. The molecule has 8 heteroatoms. The summed E-state index contributed by atoms with van der Waals surface area (Å²) in [7, 11) is 0. The Bertz CT molecular complexity index is 509. The van der Waals surface area contributed by atoms with Crippen LogP contribution in [0.2, 0.25) is 5.28 Å². The molecule has 0 amide bonds. The fraction of sp³-hybridized carbons (Fsp3) is 0.500. The molecule has 0 aromatic carbocycles. The number of imidazole rings is 1. The van der Waals surface area contributed by atoms with E-state index in [1.54, 1.807) is 20.1 Å². The molecule has 7 nitrogen and oxygen atoms in total. The van der Waals surface area contributed by atoms with Gasteiger partial charge in [-0.3, -0.25) is 4.57 Å². The maximum absolute atomic E-state index is 10.5. The Kier molecular flexibility index (Phi) is 3.16. The van der Waals surface area contributed by atoms with Gasteiger partial charge in [-0.25, -0.2) is 0 Å². The molecule has 0 N–H and O–H groups in total. The molecular weight excluding hydrogens is 262 g/mol. The zero-order valence-electron chi connectivity index (χ0n) is 9.92. The summed E-state index contributed by atoms with van der Waals surface area (Å²) in [5.74, 6) is -0.245. The Balaban J connectivity index is 1.97. The molecule has 18 heavy (non-hydrogen) atoms. The number of hydrogen-bond acceptors (Lipinski definition) is 5. The van der Waals surface area contributed by atoms with Gasteiger partial charge in [0.2, 0.25) is 5.79 Å². The van der Waals surface area contributed by atoms with Crippen molar-refractivity contribution in [2.75, 3.05) is 0 Å². The first-order chi connectivity index (χ1) is 8.37. The molecular formula is C10H12ClN3O4. The number of aromatic nitrogens is 2. The third kappa shape index (κ3) is 2.73. The fourth-order valence-corrected chi connectivity index (χ4v) is 1.76. The lowest BCUT2D eigenvalue weighted by Gasteiger charge is -2.18. The topological polar surface area (TPSA) is 79.4 Å². The van der Waals surface area contributed by atoms with Crippen molar-refractivity contribution < 1.29 is 14.4 Å². The minimum atomic E-state index is -0.653. The lowest BCUT2D eigenvalue weighted by Crippen LogP contribution is -2.20. The van der Waals surface area contributed by atoms with Crippen molar-refractivity contribution in [2.45, 2.75) is 32.6 Å².